The van der Waals surface area contributed by atoms with E-state index in [2.05, 4.69) is 19.1 Å². The van der Waals surface area contributed by atoms with Crippen LogP contribution in [0.2, 0.25) is 0 Å². The maximum absolute atomic E-state index is 10.7. The van der Waals surface area contributed by atoms with Gasteiger partial charge in [-0.1, -0.05) is 50.6 Å². The Morgan fingerprint density at radius 2 is 1.93 bits per heavy atom. The molecule has 15 heavy (non-hydrogen) atoms. The van der Waals surface area contributed by atoms with Crippen LogP contribution in [0.5, 0.6) is 0 Å². The fourth-order valence-corrected chi connectivity index (χ4v) is 1.93. The molecule has 0 aliphatic rings. The first-order valence-corrected chi connectivity index (χ1v) is 5.41. The third kappa shape index (κ3) is 3.39. The molecule has 1 rings (SSSR count). The fourth-order valence-electron chi connectivity index (χ4n) is 1.93. The fraction of sp³-hybridized carbons (Fsp3) is 0.462. The first kappa shape index (κ1) is 11.8. The lowest BCUT2D eigenvalue weighted by molar-refractivity contribution is -0.138. The van der Waals surface area contributed by atoms with Crippen LogP contribution >= 0.6 is 0 Å². The van der Waals surface area contributed by atoms with E-state index in [9.17, 15) is 4.79 Å². The molecule has 0 saturated heterocycles. The Labute approximate surface area is 90.9 Å². The van der Waals surface area contributed by atoms with Crippen molar-refractivity contribution in [1.82, 2.24) is 0 Å². The van der Waals surface area contributed by atoms with Crippen LogP contribution in [0, 0.1) is 5.92 Å². The highest BCUT2D eigenvalue weighted by molar-refractivity contribution is 5.67. The van der Waals surface area contributed by atoms with E-state index in [1.807, 2.05) is 25.1 Å². The first-order valence-electron chi connectivity index (χ1n) is 5.41. The Balaban J connectivity index is 2.73. The highest BCUT2D eigenvalue weighted by atomic mass is 16.4. The van der Waals surface area contributed by atoms with Crippen LogP contribution in [0.4, 0.5) is 0 Å². The second-order valence-electron chi connectivity index (χ2n) is 3.97. The summed E-state index contributed by atoms with van der Waals surface area (Å²) in [6.07, 6.45) is 1.16. The number of carbonyl (C=O) groups is 1. The van der Waals surface area contributed by atoms with Crippen LogP contribution in [-0.2, 0) is 4.79 Å². The zero-order valence-electron chi connectivity index (χ0n) is 9.31. The van der Waals surface area contributed by atoms with Gasteiger partial charge in [0.15, 0.2) is 0 Å². The number of aliphatic carboxylic acids is 1. The topological polar surface area (TPSA) is 37.3 Å². The van der Waals surface area contributed by atoms with Gasteiger partial charge in [0.2, 0.25) is 0 Å². The summed E-state index contributed by atoms with van der Waals surface area (Å²) in [5.74, 6) is -0.165. The van der Waals surface area contributed by atoms with E-state index in [1.165, 1.54) is 5.56 Å². The number of hydrogen-bond donors (Lipinski definition) is 1. The number of benzene rings is 1. The van der Waals surface area contributed by atoms with Crippen LogP contribution in [0.1, 0.15) is 38.2 Å². The predicted octanol–water partition coefficient (Wildman–Crippen LogP) is 3.29. The summed E-state index contributed by atoms with van der Waals surface area (Å²) in [5.41, 5.74) is 1.23. The van der Waals surface area contributed by atoms with Gasteiger partial charge in [0.1, 0.15) is 0 Å². The van der Waals surface area contributed by atoms with Crippen LogP contribution < -0.4 is 0 Å². The van der Waals surface area contributed by atoms with Crippen molar-refractivity contribution in [3.63, 3.8) is 0 Å². The van der Waals surface area contributed by atoms with Crippen molar-refractivity contribution >= 4 is 5.97 Å². The molecule has 0 saturated carbocycles. The lowest BCUT2D eigenvalue weighted by atomic mass is 9.84. The average Bonchev–Trinajstić information content (AvgIpc) is 2.26. The summed E-state index contributed by atoms with van der Waals surface area (Å²) in [4.78, 5) is 10.7. The van der Waals surface area contributed by atoms with E-state index in [0.29, 0.717) is 5.92 Å². The van der Waals surface area contributed by atoms with E-state index >= 15 is 0 Å². The minimum Gasteiger partial charge on any atom is -0.481 e. The molecule has 1 aromatic rings. The molecule has 0 heterocycles. The van der Waals surface area contributed by atoms with Gasteiger partial charge in [-0.2, -0.15) is 0 Å². The molecule has 0 amide bonds. The molecule has 0 spiro atoms. The number of rotatable bonds is 5. The Morgan fingerprint density at radius 3 is 2.40 bits per heavy atom. The SMILES string of the molecule is CCC(CC(=O)O)C(C)c1ccccc1. The Morgan fingerprint density at radius 1 is 1.33 bits per heavy atom. The van der Waals surface area contributed by atoms with E-state index in [1.54, 1.807) is 0 Å². The number of carboxylic acids is 1. The van der Waals surface area contributed by atoms with Crippen LogP contribution in [0.15, 0.2) is 30.3 Å². The standard InChI is InChI=1S/C13H18O2/c1-3-11(9-13(14)15)10(2)12-7-5-4-6-8-12/h4-8,10-11H,3,9H2,1-2H3,(H,14,15). The van der Waals surface area contributed by atoms with E-state index < -0.39 is 5.97 Å². The summed E-state index contributed by atoms with van der Waals surface area (Å²) in [5, 5.41) is 8.81. The van der Waals surface area contributed by atoms with Gasteiger partial charge in [-0.05, 0) is 17.4 Å². The van der Waals surface area contributed by atoms with Crippen molar-refractivity contribution in [3.05, 3.63) is 35.9 Å². The summed E-state index contributed by atoms with van der Waals surface area (Å²) >= 11 is 0. The third-order valence-electron chi connectivity index (χ3n) is 2.99. The Bertz CT molecular complexity index is 306. The second-order valence-corrected chi connectivity index (χ2v) is 3.97. The largest absolute Gasteiger partial charge is 0.481 e. The minimum absolute atomic E-state index is 0.227. The smallest absolute Gasteiger partial charge is 0.303 e. The van der Waals surface area contributed by atoms with Gasteiger partial charge in [0, 0.05) is 6.42 Å². The third-order valence-corrected chi connectivity index (χ3v) is 2.99. The van der Waals surface area contributed by atoms with Gasteiger partial charge in [-0.25, -0.2) is 0 Å². The van der Waals surface area contributed by atoms with E-state index in [0.717, 1.165) is 6.42 Å². The molecule has 2 heteroatoms. The van der Waals surface area contributed by atoms with Crippen molar-refractivity contribution in [2.45, 2.75) is 32.6 Å². The van der Waals surface area contributed by atoms with Gasteiger partial charge in [-0.15, -0.1) is 0 Å². The monoisotopic (exact) mass is 206 g/mol. The van der Waals surface area contributed by atoms with Crippen molar-refractivity contribution in [2.75, 3.05) is 0 Å². The molecule has 1 aromatic carbocycles. The van der Waals surface area contributed by atoms with Gasteiger partial charge in [-0.3, -0.25) is 4.79 Å². The normalized spacial score (nSPS) is 14.5. The van der Waals surface area contributed by atoms with Gasteiger partial charge < -0.3 is 5.11 Å². The summed E-state index contributed by atoms with van der Waals surface area (Å²) in [6, 6.07) is 10.1. The van der Waals surface area contributed by atoms with Gasteiger partial charge >= 0.3 is 5.97 Å². The van der Waals surface area contributed by atoms with Crippen molar-refractivity contribution in [2.24, 2.45) is 5.92 Å². The van der Waals surface area contributed by atoms with Crippen molar-refractivity contribution in [1.29, 1.82) is 0 Å². The molecule has 2 nitrogen and oxygen atoms in total. The molecule has 1 N–H and O–H groups in total. The zero-order valence-corrected chi connectivity index (χ0v) is 9.31. The van der Waals surface area contributed by atoms with Gasteiger partial charge in [0.25, 0.3) is 0 Å². The van der Waals surface area contributed by atoms with Crippen molar-refractivity contribution in [3.8, 4) is 0 Å². The first-order chi connectivity index (χ1) is 7.15. The van der Waals surface area contributed by atoms with E-state index in [-0.39, 0.29) is 12.3 Å². The van der Waals surface area contributed by atoms with Crippen LogP contribution in [-0.4, -0.2) is 11.1 Å². The maximum atomic E-state index is 10.7. The molecule has 2 atom stereocenters. The number of carboxylic acid groups (broad SMARTS) is 1. The second kappa shape index (κ2) is 5.54. The molecule has 0 bridgehead atoms. The molecule has 82 valence electrons. The minimum atomic E-state index is -0.704. The molecular formula is C13H18O2. The summed E-state index contributed by atoms with van der Waals surface area (Å²) in [7, 11) is 0. The van der Waals surface area contributed by atoms with Crippen LogP contribution in [0.3, 0.4) is 0 Å². The quantitative estimate of drug-likeness (QED) is 0.802. The Kier molecular flexibility index (Phi) is 4.35. The highest BCUT2D eigenvalue weighted by Gasteiger charge is 2.19. The lowest BCUT2D eigenvalue weighted by Gasteiger charge is -2.21. The molecular weight excluding hydrogens is 188 g/mol. The molecule has 2 unspecified atom stereocenters. The summed E-state index contributed by atoms with van der Waals surface area (Å²) < 4.78 is 0. The van der Waals surface area contributed by atoms with Crippen molar-refractivity contribution < 1.29 is 9.90 Å². The highest BCUT2D eigenvalue weighted by Crippen LogP contribution is 2.28. The summed E-state index contributed by atoms with van der Waals surface area (Å²) in [6.45, 7) is 4.15. The molecule has 0 aromatic heterocycles. The molecule has 0 aliphatic heterocycles. The molecule has 0 radical (unpaired) electrons. The number of hydrogen-bond acceptors (Lipinski definition) is 1. The zero-order chi connectivity index (χ0) is 11.3. The Hall–Kier alpha value is -1.31. The van der Waals surface area contributed by atoms with Crippen LogP contribution in [0.25, 0.3) is 0 Å². The maximum Gasteiger partial charge on any atom is 0.303 e. The molecule has 0 fully saturated rings. The molecule has 0 aliphatic carbocycles. The predicted molar refractivity (Wildman–Crippen MR) is 60.9 cm³/mol. The lowest BCUT2D eigenvalue weighted by Crippen LogP contribution is -2.13. The average molecular weight is 206 g/mol. The van der Waals surface area contributed by atoms with E-state index in [4.69, 9.17) is 5.11 Å². The van der Waals surface area contributed by atoms with Gasteiger partial charge in [0.05, 0.1) is 0 Å².